The van der Waals surface area contributed by atoms with Gasteiger partial charge < -0.3 is 10.0 Å². The lowest BCUT2D eigenvalue weighted by atomic mass is 10.2. The van der Waals surface area contributed by atoms with Gasteiger partial charge in [-0.25, -0.2) is 0 Å². The molecule has 0 radical (unpaired) electrons. The van der Waals surface area contributed by atoms with Crippen molar-refractivity contribution in [2.45, 2.75) is 13.3 Å². The maximum Gasteiger partial charge on any atom is 0.253 e. The first kappa shape index (κ1) is 11.7. The molecule has 0 saturated heterocycles. The van der Waals surface area contributed by atoms with Crippen LogP contribution in [0.1, 0.15) is 23.7 Å². The number of benzene rings is 1. The molecule has 0 aliphatic carbocycles. The largest absolute Gasteiger partial charge is 0.395 e. The third kappa shape index (κ3) is 3.36. The maximum absolute atomic E-state index is 11.9. The van der Waals surface area contributed by atoms with Crippen molar-refractivity contribution in [3.05, 3.63) is 35.9 Å². The Balaban J connectivity index is 2.71. The topological polar surface area (TPSA) is 40.5 Å². The molecule has 82 valence electrons. The highest BCUT2D eigenvalue weighted by Gasteiger charge is 2.13. The van der Waals surface area contributed by atoms with E-state index in [0.29, 0.717) is 18.7 Å². The summed E-state index contributed by atoms with van der Waals surface area (Å²) in [5.41, 5.74) is 0.680. The molecule has 3 heteroatoms. The van der Waals surface area contributed by atoms with Gasteiger partial charge in [0, 0.05) is 18.7 Å². The van der Waals surface area contributed by atoms with E-state index in [9.17, 15) is 4.79 Å². The Kier molecular flexibility index (Phi) is 4.84. The second-order valence-electron chi connectivity index (χ2n) is 3.38. The van der Waals surface area contributed by atoms with E-state index < -0.39 is 0 Å². The Morgan fingerprint density at radius 2 is 1.93 bits per heavy atom. The summed E-state index contributed by atoms with van der Waals surface area (Å²) in [7, 11) is 0. The number of amides is 1. The van der Waals surface area contributed by atoms with Crippen molar-refractivity contribution in [2.75, 3.05) is 19.7 Å². The van der Waals surface area contributed by atoms with Gasteiger partial charge in [-0.05, 0) is 18.6 Å². The van der Waals surface area contributed by atoms with Crippen LogP contribution in [-0.4, -0.2) is 35.6 Å². The lowest BCUT2D eigenvalue weighted by molar-refractivity contribution is 0.0722. The van der Waals surface area contributed by atoms with Crippen LogP contribution in [0.3, 0.4) is 0 Å². The average Bonchev–Trinajstić information content (AvgIpc) is 2.29. The molecular weight excluding hydrogens is 190 g/mol. The van der Waals surface area contributed by atoms with Gasteiger partial charge in [0.25, 0.3) is 5.91 Å². The highest BCUT2D eigenvalue weighted by Crippen LogP contribution is 2.04. The van der Waals surface area contributed by atoms with E-state index in [-0.39, 0.29) is 12.5 Å². The molecule has 1 amide bonds. The smallest absolute Gasteiger partial charge is 0.253 e. The normalized spacial score (nSPS) is 10.0. The zero-order valence-electron chi connectivity index (χ0n) is 9.02. The van der Waals surface area contributed by atoms with Crippen molar-refractivity contribution < 1.29 is 9.90 Å². The molecule has 1 N–H and O–H groups in total. The Labute approximate surface area is 90.3 Å². The molecule has 0 spiro atoms. The molecule has 0 unspecified atom stereocenters. The number of hydrogen-bond acceptors (Lipinski definition) is 2. The Morgan fingerprint density at radius 3 is 2.47 bits per heavy atom. The molecular formula is C12H17NO2. The van der Waals surface area contributed by atoms with E-state index in [2.05, 4.69) is 0 Å². The number of aliphatic hydroxyl groups excluding tert-OH is 1. The number of aliphatic hydroxyl groups is 1. The number of carbonyl (C=O) groups excluding carboxylic acids is 1. The summed E-state index contributed by atoms with van der Waals surface area (Å²) in [6, 6.07) is 9.16. The molecule has 0 heterocycles. The highest BCUT2D eigenvalue weighted by molar-refractivity contribution is 5.94. The van der Waals surface area contributed by atoms with E-state index in [4.69, 9.17) is 5.11 Å². The van der Waals surface area contributed by atoms with Gasteiger partial charge in [0.15, 0.2) is 0 Å². The minimum atomic E-state index is -0.00787. The van der Waals surface area contributed by atoms with E-state index in [1.54, 1.807) is 17.0 Å². The second kappa shape index (κ2) is 6.19. The van der Waals surface area contributed by atoms with Crippen molar-refractivity contribution in [3.63, 3.8) is 0 Å². The third-order valence-corrected chi connectivity index (χ3v) is 2.17. The number of nitrogens with zero attached hydrogens (tertiary/aromatic N) is 1. The van der Waals surface area contributed by atoms with Gasteiger partial charge in [-0.2, -0.15) is 0 Å². The van der Waals surface area contributed by atoms with Crippen molar-refractivity contribution in [3.8, 4) is 0 Å². The third-order valence-electron chi connectivity index (χ3n) is 2.17. The molecule has 1 aromatic carbocycles. The van der Waals surface area contributed by atoms with Crippen molar-refractivity contribution in [1.82, 2.24) is 4.90 Å². The Hall–Kier alpha value is -1.35. The number of carbonyl (C=O) groups is 1. The summed E-state index contributed by atoms with van der Waals surface area (Å²) in [6.45, 7) is 3.12. The van der Waals surface area contributed by atoms with Crippen LogP contribution >= 0.6 is 0 Å². The fraction of sp³-hybridized carbons (Fsp3) is 0.417. The Bertz CT molecular complexity index is 292. The maximum atomic E-state index is 11.9. The molecule has 0 bridgehead atoms. The van der Waals surface area contributed by atoms with Crippen LogP contribution in [0.2, 0.25) is 0 Å². The zero-order chi connectivity index (χ0) is 11.1. The fourth-order valence-corrected chi connectivity index (χ4v) is 1.47. The molecule has 0 atom stereocenters. The molecule has 0 aliphatic rings. The van der Waals surface area contributed by atoms with Gasteiger partial charge in [0.2, 0.25) is 0 Å². The molecule has 0 aliphatic heterocycles. The zero-order valence-corrected chi connectivity index (χ0v) is 9.02. The monoisotopic (exact) mass is 207 g/mol. The second-order valence-corrected chi connectivity index (χ2v) is 3.38. The fourth-order valence-electron chi connectivity index (χ4n) is 1.47. The molecule has 1 aromatic rings. The molecule has 3 nitrogen and oxygen atoms in total. The first-order valence-electron chi connectivity index (χ1n) is 5.24. The van der Waals surface area contributed by atoms with Crippen molar-refractivity contribution in [1.29, 1.82) is 0 Å². The quantitative estimate of drug-likeness (QED) is 0.795. The van der Waals surface area contributed by atoms with E-state index in [1.165, 1.54) is 0 Å². The summed E-state index contributed by atoms with van der Waals surface area (Å²) in [5.74, 6) is -0.00787. The SMILES string of the molecule is CCCN(CCO)C(=O)c1ccccc1. The van der Waals surface area contributed by atoms with Gasteiger partial charge >= 0.3 is 0 Å². The summed E-state index contributed by atoms with van der Waals surface area (Å²) in [4.78, 5) is 13.6. The highest BCUT2D eigenvalue weighted by atomic mass is 16.3. The summed E-state index contributed by atoms with van der Waals surface area (Å²) in [6.07, 6.45) is 0.901. The molecule has 15 heavy (non-hydrogen) atoms. The standard InChI is InChI=1S/C12H17NO2/c1-2-8-13(9-10-14)12(15)11-6-4-3-5-7-11/h3-7,14H,2,8-10H2,1H3. The predicted octanol–water partition coefficient (Wildman–Crippen LogP) is 1.53. The first-order valence-corrected chi connectivity index (χ1v) is 5.24. The lowest BCUT2D eigenvalue weighted by Crippen LogP contribution is -2.34. The van der Waals surface area contributed by atoms with E-state index >= 15 is 0 Å². The van der Waals surface area contributed by atoms with Crippen molar-refractivity contribution >= 4 is 5.91 Å². The molecule has 0 aromatic heterocycles. The number of rotatable bonds is 5. The van der Waals surface area contributed by atoms with Crippen LogP contribution in [0.25, 0.3) is 0 Å². The molecule has 0 fully saturated rings. The minimum absolute atomic E-state index is 0.00787. The van der Waals surface area contributed by atoms with E-state index in [1.807, 2.05) is 25.1 Å². The first-order chi connectivity index (χ1) is 7.29. The van der Waals surface area contributed by atoms with Crippen LogP contribution in [-0.2, 0) is 0 Å². The van der Waals surface area contributed by atoms with Gasteiger partial charge in [0.05, 0.1) is 6.61 Å². The van der Waals surface area contributed by atoms with E-state index in [0.717, 1.165) is 6.42 Å². The minimum Gasteiger partial charge on any atom is -0.395 e. The molecule has 1 rings (SSSR count). The predicted molar refractivity (Wildman–Crippen MR) is 59.7 cm³/mol. The lowest BCUT2D eigenvalue weighted by Gasteiger charge is -2.20. The summed E-state index contributed by atoms with van der Waals surface area (Å²) >= 11 is 0. The van der Waals surface area contributed by atoms with Crippen LogP contribution in [0.5, 0.6) is 0 Å². The summed E-state index contributed by atoms with van der Waals surface area (Å²) in [5, 5.41) is 8.87. The molecule has 0 saturated carbocycles. The number of hydrogen-bond donors (Lipinski definition) is 1. The average molecular weight is 207 g/mol. The van der Waals surface area contributed by atoms with Crippen LogP contribution in [0.15, 0.2) is 30.3 Å². The van der Waals surface area contributed by atoms with Gasteiger partial charge in [-0.15, -0.1) is 0 Å². The van der Waals surface area contributed by atoms with Crippen LogP contribution < -0.4 is 0 Å². The summed E-state index contributed by atoms with van der Waals surface area (Å²) < 4.78 is 0. The van der Waals surface area contributed by atoms with Crippen LogP contribution in [0, 0.1) is 0 Å². The van der Waals surface area contributed by atoms with Crippen molar-refractivity contribution in [2.24, 2.45) is 0 Å². The van der Waals surface area contributed by atoms with Gasteiger partial charge in [-0.1, -0.05) is 25.1 Å². The van der Waals surface area contributed by atoms with Gasteiger partial charge in [0.1, 0.15) is 0 Å². The van der Waals surface area contributed by atoms with Gasteiger partial charge in [-0.3, -0.25) is 4.79 Å². The Morgan fingerprint density at radius 1 is 1.27 bits per heavy atom. The van der Waals surface area contributed by atoms with Crippen LogP contribution in [0.4, 0.5) is 0 Å².